The zero-order valence-corrected chi connectivity index (χ0v) is 10.0. The second-order valence-corrected chi connectivity index (χ2v) is 4.76. The van der Waals surface area contributed by atoms with Crippen molar-refractivity contribution in [3.63, 3.8) is 0 Å². The molecule has 1 saturated carbocycles. The summed E-state index contributed by atoms with van der Waals surface area (Å²) in [6.45, 7) is 3.02. The molecule has 1 amide bonds. The number of carbonyl (C=O) groups excluding carboxylic acids is 1. The normalized spacial score (nSPS) is 18.3. The molecule has 0 aliphatic heterocycles. The molecule has 0 aromatic carbocycles. The number of nitrogens with zero attached hydrogens (tertiary/aromatic N) is 1. The van der Waals surface area contributed by atoms with Crippen molar-refractivity contribution in [3.05, 3.63) is 0 Å². The van der Waals surface area contributed by atoms with E-state index >= 15 is 0 Å². The molecular weight excluding hydrogens is 188 g/mol. The molecule has 1 fully saturated rings. The monoisotopic (exact) mass is 212 g/mol. The molecular formula is C12H24N2O. The Balaban J connectivity index is 2.23. The molecule has 0 saturated heterocycles. The van der Waals surface area contributed by atoms with E-state index in [9.17, 15) is 4.79 Å². The zero-order chi connectivity index (χ0) is 11.3. The Morgan fingerprint density at radius 1 is 1.53 bits per heavy atom. The second kappa shape index (κ2) is 6.11. The van der Waals surface area contributed by atoms with Crippen LogP contribution in [0, 0.1) is 5.92 Å². The summed E-state index contributed by atoms with van der Waals surface area (Å²) in [7, 11) is 1.88. The fourth-order valence-electron chi connectivity index (χ4n) is 1.98. The van der Waals surface area contributed by atoms with Gasteiger partial charge in [-0.05, 0) is 25.2 Å². The van der Waals surface area contributed by atoms with Crippen LogP contribution in [-0.2, 0) is 4.79 Å². The largest absolute Gasteiger partial charge is 0.344 e. The van der Waals surface area contributed by atoms with E-state index < -0.39 is 0 Å². The third kappa shape index (κ3) is 3.82. The van der Waals surface area contributed by atoms with E-state index in [-0.39, 0.29) is 11.9 Å². The van der Waals surface area contributed by atoms with Crippen LogP contribution in [0.1, 0.15) is 45.4 Å². The highest BCUT2D eigenvalue weighted by Crippen LogP contribution is 2.26. The number of carbonyl (C=O) groups is 1. The van der Waals surface area contributed by atoms with Gasteiger partial charge in [0.1, 0.15) is 0 Å². The van der Waals surface area contributed by atoms with Crippen molar-refractivity contribution in [2.24, 2.45) is 11.7 Å². The van der Waals surface area contributed by atoms with Gasteiger partial charge in [0.05, 0.1) is 6.04 Å². The van der Waals surface area contributed by atoms with Crippen LogP contribution >= 0.6 is 0 Å². The quantitative estimate of drug-likeness (QED) is 0.729. The first-order valence-electron chi connectivity index (χ1n) is 6.15. The summed E-state index contributed by atoms with van der Waals surface area (Å²) in [5.74, 6) is 0.854. The van der Waals surface area contributed by atoms with Gasteiger partial charge in [0.15, 0.2) is 0 Å². The minimum atomic E-state index is -0.282. The molecule has 1 aliphatic carbocycles. The number of likely N-dealkylation sites (N-methyl/N-ethyl adjacent to an activating group) is 1. The minimum absolute atomic E-state index is 0.121. The highest BCUT2D eigenvalue weighted by Gasteiger charge is 2.23. The lowest BCUT2D eigenvalue weighted by atomic mass is 9.85. The third-order valence-electron chi connectivity index (χ3n) is 3.32. The molecule has 1 atom stereocenters. The van der Waals surface area contributed by atoms with E-state index in [1.54, 1.807) is 0 Å². The number of amides is 1. The molecule has 0 radical (unpaired) electrons. The number of unbranched alkanes of at least 4 members (excludes halogenated alkanes) is 1. The highest BCUT2D eigenvalue weighted by molar-refractivity contribution is 5.81. The van der Waals surface area contributed by atoms with E-state index in [1.165, 1.54) is 19.3 Å². The van der Waals surface area contributed by atoms with Gasteiger partial charge in [-0.15, -0.1) is 0 Å². The maximum atomic E-state index is 11.8. The summed E-state index contributed by atoms with van der Waals surface area (Å²) in [4.78, 5) is 13.6. The van der Waals surface area contributed by atoms with Gasteiger partial charge in [-0.3, -0.25) is 4.79 Å². The average molecular weight is 212 g/mol. The number of rotatable bonds is 6. The first kappa shape index (κ1) is 12.5. The third-order valence-corrected chi connectivity index (χ3v) is 3.32. The predicted molar refractivity (Wildman–Crippen MR) is 62.5 cm³/mol. The van der Waals surface area contributed by atoms with Crippen molar-refractivity contribution in [2.45, 2.75) is 51.5 Å². The van der Waals surface area contributed by atoms with Gasteiger partial charge in [0.25, 0.3) is 0 Å². The van der Waals surface area contributed by atoms with Crippen LogP contribution in [0.25, 0.3) is 0 Å². The van der Waals surface area contributed by atoms with Gasteiger partial charge < -0.3 is 10.6 Å². The van der Waals surface area contributed by atoms with Crippen LogP contribution < -0.4 is 5.73 Å². The maximum absolute atomic E-state index is 11.8. The summed E-state index contributed by atoms with van der Waals surface area (Å²) in [6.07, 6.45) is 6.86. The Hall–Kier alpha value is -0.570. The Morgan fingerprint density at radius 3 is 2.67 bits per heavy atom. The first-order chi connectivity index (χ1) is 7.15. The van der Waals surface area contributed by atoms with Crippen LogP contribution in [-0.4, -0.2) is 30.4 Å². The Kier molecular flexibility index (Phi) is 5.09. The van der Waals surface area contributed by atoms with Crippen molar-refractivity contribution in [3.8, 4) is 0 Å². The molecule has 15 heavy (non-hydrogen) atoms. The summed E-state index contributed by atoms with van der Waals surface area (Å²) >= 11 is 0. The van der Waals surface area contributed by atoms with Crippen molar-refractivity contribution in [2.75, 3.05) is 13.6 Å². The number of hydrogen-bond acceptors (Lipinski definition) is 2. The van der Waals surface area contributed by atoms with Crippen LogP contribution in [0.5, 0.6) is 0 Å². The Labute approximate surface area is 93.0 Å². The second-order valence-electron chi connectivity index (χ2n) is 4.76. The Bertz CT molecular complexity index is 202. The maximum Gasteiger partial charge on any atom is 0.239 e. The zero-order valence-electron chi connectivity index (χ0n) is 10.0. The fraction of sp³-hybridized carbons (Fsp3) is 0.917. The number of nitrogens with two attached hydrogens (primary N) is 1. The van der Waals surface area contributed by atoms with E-state index in [1.807, 2.05) is 11.9 Å². The molecule has 0 spiro atoms. The Morgan fingerprint density at radius 2 is 2.20 bits per heavy atom. The highest BCUT2D eigenvalue weighted by atomic mass is 16.2. The molecule has 0 aromatic rings. The van der Waals surface area contributed by atoms with Gasteiger partial charge >= 0.3 is 0 Å². The van der Waals surface area contributed by atoms with Crippen LogP contribution in [0.4, 0.5) is 0 Å². The predicted octanol–water partition coefficient (Wildman–Crippen LogP) is 1.76. The molecule has 2 N–H and O–H groups in total. The van der Waals surface area contributed by atoms with E-state index in [0.29, 0.717) is 0 Å². The topological polar surface area (TPSA) is 46.3 Å². The van der Waals surface area contributed by atoms with Crippen LogP contribution in [0.3, 0.4) is 0 Å². The molecule has 3 heteroatoms. The van der Waals surface area contributed by atoms with Crippen molar-refractivity contribution >= 4 is 5.91 Å². The molecule has 1 rings (SSSR count). The fourth-order valence-corrected chi connectivity index (χ4v) is 1.98. The van der Waals surface area contributed by atoms with E-state index in [4.69, 9.17) is 5.73 Å². The smallest absolute Gasteiger partial charge is 0.239 e. The number of hydrogen-bond donors (Lipinski definition) is 1. The van der Waals surface area contributed by atoms with Crippen LogP contribution in [0.15, 0.2) is 0 Å². The van der Waals surface area contributed by atoms with Gasteiger partial charge in [0, 0.05) is 13.6 Å². The molecule has 0 aromatic heterocycles. The van der Waals surface area contributed by atoms with Gasteiger partial charge in [0.2, 0.25) is 5.91 Å². The van der Waals surface area contributed by atoms with Crippen molar-refractivity contribution < 1.29 is 4.79 Å². The average Bonchev–Trinajstić information content (AvgIpc) is 2.18. The molecule has 0 bridgehead atoms. The molecule has 0 unspecified atom stereocenters. The van der Waals surface area contributed by atoms with E-state index in [2.05, 4.69) is 6.92 Å². The summed E-state index contributed by atoms with van der Waals surface area (Å²) in [5.41, 5.74) is 5.85. The molecule has 3 nitrogen and oxygen atoms in total. The standard InChI is InChI=1S/C12H24N2O/c1-3-4-8-11(13)12(15)14(2)9-10-6-5-7-10/h10-11H,3-9,13H2,1-2H3/t11-/m0/s1. The minimum Gasteiger partial charge on any atom is -0.344 e. The lowest BCUT2D eigenvalue weighted by Gasteiger charge is -2.31. The SMILES string of the molecule is CCCC[C@H](N)C(=O)N(C)CC1CCC1. The van der Waals surface area contributed by atoms with Gasteiger partial charge in [-0.1, -0.05) is 26.2 Å². The lowest BCUT2D eigenvalue weighted by Crippen LogP contribution is -2.44. The summed E-state index contributed by atoms with van der Waals surface area (Å²) in [5, 5.41) is 0. The van der Waals surface area contributed by atoms with Gasteiger partial charge in [-0.25, -0.2) is 0 Å². The van der Waals surface area contributed by atoms with E-state index in [0.717, 1.165) is 31.7 Å². The van der Waals surface area contributed by atoms with Crippen LogP contribution in [0.2, 0.25) is 0 Å². The molecule has 88 valence electrons. The van der Waals surface area contributed by atoms with Gasteiger partial charge in [-0.2, -0.15) is 0 Å². The summed E-state index contributed by atoms with van der Waals surface area (Å²) in [6, 6.07) is -0.282. The van der Waals surface area contributed by atoms with Crippen molar-refractivity contribution in [1.82, 2.24) is 4.90 Å². The molecule has 1 aliphatic rings. The lowest BCUT2D eigenvalue weighted by molar-refractivity contribution is -0.132. The molecule has 0 heterocycles. The summed E-state index contributed by atoms with van der Waals surface area (Å²) < 4.78 is 0. The van der Waals surface area contributed by atoms with Crippen molar-refractivity contribution in [1.29, 1.82) is 0 Å². The first-order valence-corrected chi connectivity index (χ1v) is 6.15.